The first-order chi connectivity index (χ1) is 12.2. The number of likely N-dealkylation sites (tertiary alicyclic amines) is 1. The minimum Gasteiger partial charge on any atom is -0.385 e. The molecule has 4 heteroatoms. The number of nitrogens with one attached hydrogen (secondary N) is 1. The Balaban J connectivity index is 1.62. The molecule has 1 aromatic rings. The second-order valence-corrected chi connectivity index (χ2v) is 7.67. The second kappa shape index (κ2) is 8.81. The van der Waals surface area contributed by atoms with Gasteiger partial charge >= 0.3 is 0 Å². The van der Waals surface area contributed by atoms with Gasteiger partial charge in [0.2, 0.25) is 0 Å². The molecule has 1 aromatic carbocycles. The van der Waals surface area contributed by atoms with Crippen LogP contribution >= 0.6 is 0 Å². The van der Waals surface area contributed by atoms with Gasteiger partial charge in [-0.05, 0) is 44.2 Å². The van der Waals surface area contributed by atoms with Crippen LogP contribution in [0.5, 0.6) is 0 Å². The number of nitrogens with zero attached hydrogens (tertiary/aromatic N) is 1. The smallest absolute Gasteiger partial charge is 0.251 e. The first-order valence-corrected chi connectivity index (χ1v) is 9.83. The van der Waals surface area contributed by atoms with E-state index in [1.54, 1.807) is 7.11 Å². The van der Waals surface area contributed by atoms with Gasteiger partial charge < -0.3 is 15.0 Å². The fourth-order valence-electron chi connectivity index (χ4n) is 4.40. The molecule has 1 amide bonds. The van der Waals surface area contributed by atoms with E-state index in [-0.39, 0.29) is 11.4 Å². The Hall–Kier alpha value is -1.39. The maximum Gasteiger partial charge on any atom is 0.251 e. The van der Waals surface area contributed by atoms with Crippen LogP contribution in [0.2, 0.25) is 0 Å². The molecule has 3 rings (SSSR count). The lowest BCUT2D eigenvalue weighted by Gasteiger charge is -2.45. The van der Waals surface area contributed by atoms with Crippen molar-refractivity contribution in [1.82, 2.24) is 10.2 Å². The van der Waals surface area contributed by atoms with E-state index in [0.717, 1.165) is 44.0 Å². The minimum absolute atomic E-state index is 0.0443. The maximum atomic E-state index is 12.7. The van der Waals surface area contributed by atoms with Crippen LogP contribution in [-0.2, 0) is 4.74 Å². The Kier molecular flexibility index (Phi) is 6.49. The molecule has 1 saturated carbocycles. The van der Waals surface area contributed by atoms with Gasteiger partial charge in [0, 0.05) is 44.0 Å². The number of benzene rings is 1. The molecule has 0 aromatic heterocycles. The summed E-state index contributed by atoms with van der Waals surface area (Å²) in [5.41, 5.74) is 0.614. The molecule has 1 aliphatic carbocycles. The van der Waals surface area contributed by atoms with Crippen molar-refractivity contribution in [1.29, 1.82) is 0 Å². The molecule has 1 heterocycles. The summed E-state index contributed by atoms with van der Waals surface area (Å²) in [4.78, 5) is 15.4. The zero-order valence-corrected chi connectivity index (χ0v) is 15.5. The van der Waals surface area contributed by atoms with Crippen LogP contribution in [0.25, 0.3) is 0 Å². The highest BCUT2D eigenvalue weighted by Gasteiger charge is 2.37. The van der Waals surface area contributed by atoms with Crippen molar-refractivity contribution in [2.24, 2.45) is 0 Å². The van der Waals surface area contributed by atoms with E-state index in [1.165, 1.54) is 32.1 Å². The Morgan fingerprint density at radius 3 is 2.48 bits per heavy atom. The third-order valence-electron chi connectivity index (χ3n) is 6.05. The van der Waals surface area contributed by atoms with Crippen LogP contribution in [0.3, 0.4) is 0 Å². The van der Waals surface area contributed by atoms with E-state index in [0.29, 0.717) is 6.61 Å². The van der Waals surface area contributed by atoms with Gasteiger partial charge in [-0.25, -0.2) is 0 Å². The van der Waals surface area contributed by atoms with Crippen molar-refractivity contribution in [3.63, 3.8) is 0 Å². The number of carbonyl (C=O) groups excluding carboxylic acids is 1. The van der Waals surface area contributed by atoms with Crippen LogP contribution in [0.15, 0.2) is 30.3 Å². The molecule has 0 bridgehead atoms. The number of amides is 1. The normalized spacial score (nSPS) is 21.8. The summed E-state index contributed by atoms with van der Waals surface area (Å²) in [7, 11) is 1.74. The van der Waals surface area contributed by atoms with Crippen molar-refractivity contribution in [3.8, 4) is 0 Å². The lowest BCUT2D eigenvalue weighted by Crippen LogP contribution is -2.57. The number of piperidine rings is 1. The van der Waals surface area contributed by atoms with Gasteiger partial charge in [0.15, 0.2) is 0 Å². The summed E-state index contributed by atoms with van der Waals surface area (Å²) in [6.07, 6.45) is 9.77. The molecule has 2 aliphatic rings. The van der Waals surface area contributed by atoms with Gasteiger partial charge in [-0.3, -0.25) is 4.79 Å². The van der Waals surface area contributed by atoms with E-state index in [9.17, 15) is 4.79 Å². The topological polar surface area (TPSA) is 41.6 Å². The number of hydrogen-bond acceptors (Lipinski definition) is 3. The number of carbonyl (C=O) groups is 1. The molecule has 138 valence electrons. The molecule has 0 unspecified atom stereocenters. The van der Waals surface area contributed by atoms with Crippen molar-refractivity contribution >= 4 is 5.91 Å². The number of hydrogen-bond donors (Lipinski definition) is 1. The second-order valence-electron chi connectivity index (χ2n) is 7.67. The maximum absolute atomic E-state index is 12.7. The minimum atomic E-state index is -0.131. The average Bonchev–Trinajstić information content (AvgIpc) is 2.68. The first-order valence-electron chi connectivity index (χ1n) is 9.83. The van der Waals surface area contributed by atoms with Gasteiger partial charge in [-0.2, -0.15) is 0 Å². The fraction of sp³-hybridized carbons (Fsp3) is 0.667. The highest BCUT2D eigenvalue weighted by atomic mass is 16.5. The molecule has 1 aliphatic heterocycles. The predicted molar refractivity (Wildman–Crippen MR) is 101 cm³/mol. The first kappa shape index (κ1) is 18.4. The van der Waals surface area contributed by atoms with Crippen LogP contribution < -0.4 is 5.32 Å². The average molecular weight is 344 g/mol. The van der Waals surface area contributed by atoms with E-state index in [4.69, 9.17) is 4.74 Å². The van der Waals surface area contributed by atoms with E-state index in [2.05, 4.69) is 10.2 Å². The predicted octanol–water partition coefficient (Wildman–Crippen LogP) is 3.62. The van der Waals surface area contributed by atoms with Gasteiger partial charge in [0.05, 0.1) is 0 Å². The van der Waals surface area contributed by atoms with Crippen LogP contribution in [-0.4, -0.2) is 49.2 Å². The van der Waals surface area contributed by atoms with Gasteiger partial charge in [0.25, 0.3) is 5.91 Å². The zero-order chi connectivity index (χ0) is 17.5. The quantitative estimate of drug-likeness (QED) is 0.857. The van der Waals surface area contributed by atoms with Crippen molar-refractivity contribution in [3.05, 3.63) is 35.9 Å². The highest BCUT2D eigenvalue weighted by Crippen LogP contribution is 2.31. The summed E-state index contributed by atoms with van der Waals surface area (Å²) in [5.74, 6) is 0.0443. The standard InChI is InChI=1S/C21H32N2O2/c1-25-17-14-21(22-20(24)18-8-4-2-5-9-18)12-15-23(16-13-21)19-10-6-3-7-11-19/h2,4-5,8-9,19H,3,6-7,10-17H2,1H3,(H,22,24). The number of methoxy groups -OCH3 is 1. The Morgan fingerprint density at radius 2 is 1.84 bits per heavy atom. The van der Waals surface area contributed by atoms with Crippen molar-refractivity contribution < 1.29 is 9.53 Å². The van der Waals surface area contributed by atoms with Crippen LogP contribution in [0, 0.1) is 0 Å². The van der Waals surface area contributed by atoms with E-state index < -0.39 is 0 Å². The van der Waals surface area contributed by atoms with Gasteiger partial charge in [0.1, 0.15) is 0 Å². The molecule has 0 radical (unpaired) electrons. The van der Waals surface area contributed by atoms with Gasteiger partial charge in [-0.1, -0.05) is 37.5 Å². The van der Waals surface area contributed by atoms with Crippen LogP contribution in [0.1, 0.15) is 61.7 Å². The monoisotopic (exact) mass is 344 g/mol. The largest absolute Gasteiger partial charge is 0.385 e. The molecule has 2 fully saturated rings. The number of ether oxygens (including phenoxy) is 1. The SMILES string of the molecule is COCCC1(NC(=O)c2ccccc2)CCN(C2CCCCC2)CC1. The molecule has 25 heavy (non-hydrogen) atoms. The third kappa shape index (κ3) is 4.83. The van der Waals surface area contributed by atoms with E-state index in [1.807, 2.05) is 30.3 Å². The Morgan fingerprint density at radius 1 is 1.16 bits per heavy atom. The molecular weight excluding hydrogens is 312 g/mol. The third-order valence-corrected chi connectivity index (χ3v) is 6.05. The number of rotatable bonds is 6. The molecular formula is C21H32N2O2. The van der Waals surface area contributed by atoms with Crippen LogP contribution in [0.4, 0.5) is 0 Å². The fourth-order valence-corrected chi connectivity index (χ4v) is 4.40. The molecule has 0 atom stereocenters. The Labute approximate surface area is 151 Å². The summed E-state index contributed by atoms with van der Waals surface area (Å²) in [5, 5.41) is 3.36. The van der Waals surface area contributed by atoms with Gasteiger partial charge in [-0.15, -0.1) is 0 Å². The molecule has 1 saturated heterocycles. The molecule has 0 spiro atoms. The van der Waals surface area contributed by atoms with Crippen molar-refractivity contribution in [2.45, 2.75) is 62.9 Å². The lowest BCUT2D eigenvalue weighted by atomic mass is 9.82. The summed E-state index contributed by atoms with van der Waals surface area (Å²) >= 11 is 0. The highest BCUT2D eigenvalue weighted by molar-refractivity contribution is 5.94. The summed E-state index contributed by atoms with van der Waals surface area (Å²) < 4.78 is 5.34. The zero-order valence-electron chi connectivity index (χ0n) is 15.5. The summed E-state index contributed by atoms with van der Waals surface area (Å²) in [6.45, 7) is 2.87. The summed E-state index contributed by atoms with van der Waals surface area (Å²) in [6, 6.07) is 10.3. The van der Waals surface area contributed by atoms with Crippen molar-refractivity contribution in [2.75, 3.05) is 26.8 Å². The lowest BCUT2D eigenvalue weighted by molar-refractivity contribution is 0.0534. The van der Waals surface area contributed by atoms with E-state index >= 15 is 0 Å². The molecule has 4 nitrogen and oxygen atoms in total. The molecule has 1 N–H and O–H groups in total. The Bertz CT molecular complexity index is 532.